The number of nitriles is 1. The third kappa shape index (κ3) is 4.73. The second kappa shape index (κ2) is 8.63. The summed E-state index contributed by atoms with van der Waals surface area (Å²) in [6, 6.07) is 25.1. The first-order chi connectivity index (χ1) is 14.3. The van der Waals surface area contributed by atoms with Gasteiger partial charge in [-0.05, 0) is 35.9 Å². The maximum absolute atomic E-state index is 8.97. The van der Waals surface area contributed by atoms with Gasteiger partial charge in [-0.3, -0.25) is 4.98 Å². The molecule has 0 aliphatic carbocycles. The lowest BCUT2D eigenvalue weighted by atomic mass is 10.1. The van der Waals surface area contributed by atoms with Crippen molar-refractivity contribution in [3.05, 3.63) is 96.3 Å². The summed E-state index contributed by atoms with van der Waals surface area (Å²) in [6.45, 7) is 0.572. The van der Waals surface area contributed by atoms with Crippen LogP contribution in [0.2, 0.25) is 0 Å². The number of benzene rings is 2. The molecule has 4 aromatic rings. The maximum atomic E-state index is 8.97. The molecule has 0 radical (unpaired) electrons. The summed E-state index contributed by atoms with van der Waals surface area (Å²) in [6.07, 6.45) is 3.56. The Balaban J connectivity index is 1.63. The Bertz CT molecular complexity index is 1120. The fraction of sp³-hybridized carbons (Fsp3) is 0.0435. The minimum Gasteiger partial charge on any atom is -0.350 e. The highest BCUT2D eigenvalue weighted by molar-refractivity contribution is 5.67. The summed E-state index contributed by atoms with van der Waals surface area (Å²) in [5.41, 5.74) is 4.32. The minimum atomic E-state index is 0.520. The Morgan fingerprint density at radius 3 is 2.45 bits per heavy atom. The molecule has 140 valence electrons. The number of hydrogen-bond donors (Lipinski definition) is 2. The van der Waals surface area contributed by atoms with Crippen molar-refractivity contribution in [2.24, 2.45) is 0 Å². The fourth-order valence-corrected chi connectivity index (χ4v) is 2.81. The van der Waals surface area contributed by atoms with Gasteiger partial charge >= 0.3 is 0 Å². The first-order valence-corrected chi connectivity index (χ1v) is 9.14. The molecule has 0 bridgehead atoms. The number of hydrogen-bond acceptors (Lipinski definition) is 6. The molecular weight excluding hydrogens is 360 g/mol. The van der Waals surface area contributed by atoms with Crippen molar-refractivity contribution in [2.75, 3.05) is 10.6 Å². The van der Waals surface area contributed by atoms with Gasteiger partial charge in [0.2, 0.25) is 5.95 Å². The first-order valence-electron chi connectivity index (χ1n) is 9.14. The van der Waals surface area contributed by atoms with E-state index in [1.54, 1.807) is 18.3 Å². The van der Waals surface area contributed by atoms with E-state index in [9.17, 15) is 0 Å². The van der Waals surface area contributed by atoms with Gasteiger partial charge in [0.05, 0.1) is 17.3 Å². The zero-order valence-corrected chi connectivity index (χ0v) is 15.6. The average molecular weight is 378 g/mol. The molecular formula is C23H18N6. The molecule has 0 unspecified atom stereocenters. The van der Waals surface area contributed by atoms with Gasteiger partial charge < -0.3 is 10.6 Å². The summed E-state index contributed by atoms with van der Waals surface area (Å²) in [7, 11) is 0. The van der Waals surface area contributed by atoms with Crippen LogP contribution in [0.25, 0.3) is 11.3 Å². The van der Waals surface area contributed by atoms with Gasteiger partial charge in [0.15, 0.2) is 0 Å². The Hall–Kier alpha value is -4.24. The highest BCUT2D eigenvalue weighted by atomic mass is 15.1. The van der Waals surface area contributed by atoms with E-state index in [1.165, 1.54) is 0 Å². The van der Waals surface area contributed by atoms with Gasteiger partial charge in [-0.25, -0.2) is 4.98 Å². The topological polar surface area (TPSA) is 86.5 Å². The normalized spacial score (nSPS) is 10.2. The van der Waals surface area contributed by atoms with E-state index >= 15 is 0 Å². The number of aromatic nitrogens is 3. The Labute approximate surface area is 168 Å². The number of anilines is 3. The Morgan fingerprint density at radius 2 is 1.72 bits per heavy atom. The Kier molecular flexibility index (Phi) is 5.40. The molecule has 0 amide bonds. The van der Waals surface area contributed by atoms with Crippen LogP contribution >= 0.6 is 0 Å². The van der Waals surface area contributed by atoms with E-state index < -0.39 is 0 Å². The average Bonchev–Trinajstić information content (AvgIpc) is 2.79. The third-order valence-electron chi connectivity index (χ3n) is 4.26. The molecule has 0 fully saturated rings. The molecule has 6 heteroatoms. The zero-order valence-electron chi connectivity index (χ0n) is 15.6. The number of rotatable bonds is 6. The molecule has 0 spiro atoms. The fourth-order valence-electron chi connectivity index (χ4n) is 2.81. The molecule has 6 nitrogen and oxygen atoms in total. The van der Waals surface area contributed by atoms with E-state index in [2.05, 4.69) is 31.7 Å². The van der Waals surface area contributed by atoms with Crippen LogP contribution in [0.3, 0.4) is 0 Å². The number of pyridine rings is 1. The lowest BCUT2D eigenvalue weighted by Gasteiger charge is -2.12. The number of nitrogens with zero attached hydrogens (tertiary/aromatic N) is 4. The van der Waals surface area contributed by atoms with Crippen LogP contribution < -0.4 is 10.6 Å². The van der Waals surface area contributed by atoms with Crippen molar-refractivity contribution in [1.29, 1.82) is 5.26 Å². The summed E-state index contributed by atoms with van der Waals surface area (Å²) < 4.78 is 0. The van der Waals surface area contributed by atoms with Crippen molar-refractivity contribution in [3.8, 4) is 17.3 Å². The highest BCUT2D eigenvalue weighted by Gasteiger charge is 2.08. The molecule has 4 rings (SSSR count). The van der Waals surface area contributed by atoms with Gasteiger partial charge in [0.25, 0.3) is 0 Å². The molecule has 2 heterocycles. The first kappa shape index (κ1) is 18.1. The smallest absolute Gasteiger partial charge is 0.225 e. The predicted molar refractivity (Wildman–Crippen MR) is 113 cm³/mol. The van der Waals surface area contributed by atoms with Gasteiger partial charge in [-0.2, -0.15) is 10.2 Å². The van der Waals surface area contributed by atoms with Crippen LogP contribution in [0, 0.1) is 11.3 Å². The second-order valence-electron chi connectivity index (χ2n) is 6.36. The molecule has 0 aliphatic heterocycles. The minimum absolute atomic E-state index is 0.520. The van der Waals surface area contributed by atoms with E-state index in [0.717, 1.165) is 22.5 Å². The highest BCUT2D eigenvalue weighted by Crippen LogP contribution is 2.24. The van der Waals surface area contributed by atoms with Crippen molar-refractivity contribution >= 4 is 17.5 Å². The summed E-state index contributed by atoms with van der Waals surface area (Å²) in [5, 5.41) is 15.5. The van der Waals surface area contributed by atoms with Crippen molar-refractivity contribution in [3.63, 3.8) is 0 Å². The van der Waals surface area contributed by atoms with Crippen LogP contribution in [0.4, 0.5) is 17.5 Å². The standard InChI is InChI=1S/C23H18N6/c24-14-17-8-10-20(11-9-17)27-22-13-21(19-6-2-1-3-7-19)28-23(29-22)26-16-18-5-4-12-25-15-18/h1-13,15H,16H2,(H2,26,27,28,29). The maximum Gasteiger partial charge on any atom is 0.225 e. The van der Waals surface area contributed by atoms with Gasteiger partial charge in [-0.15, -0.1) is 0 Å². The molecule has 2 aromatic heterocycles. The molecule has 0 aliphatic rings. The Morgan fingerprint density at radius 1 is 0.897 bits per heavy atom. The van der Waals surface area contributed by atoms with E-state index in [4.69, 9.17) is 5.26 Å². The quantitative estimate of drug-likeness (QED) is 0.503. The number of nitrogens with one attached hydrogen (secondary N) is 2. The van der Waals surface area contributed by atoms with Crippen molar-refractivity contribution in [2.45, 2.75) is 6.54 Å². The van der Waals surface area contributed by atoms with E-state index in [-0.39, 0.29) is 0 Å². The molecule has 2 N–H and O–H groups in total. The van der Waals surface area contributed by atoms with E-state index in [1.807, 2.05) is 66.9 Å². The van der Waals surface area contributed by atoms with Crippen LogP contribution in [-0.4, -0.2) is 15.0 Å². The third-order valence-corrected chi connectivity index (χ3v) is 4.26. The predicted octanol–water partition coefficient (Wildman–Crippen LogP) is 4.77. The monoisotopic (exact) mass is 378 g/mol. The largest absolute Gasteiger partial charge is 0.350 e. The molecule has 2 aromatic carbocycles. The zero-order chi connectivity index (χ0) is 19.9. The lowest BCUT2D eigenvalue weighted by molar-refractivity contribution is 1.04. The summed E-state index contributed by atoms with van der Waals surface area (Å²) in [5.74, 6) is 1.18. The van der Waals surface area contributed by atoms with Crippen LogP contribution in [-0.2, 0) is 6.54 Å². The SMILES string of the molecule is N#Cc1ccc(Nc2cc(-c3ccccc3)nc(NCc3cccnc3)n2)cc1. The van der Waals surface area contributed by atoms with E-state index in [0.29, 0.717) is 23.9 Å². The summed E-state index contributed by atoms with van der Waals surface area (Å²) in [4.78, 5) is 13.4. The molecule has 29 heavy (non-hydrogen) atoms. The molecule has 0 atom stereocenters. The van der Waals surface area contributed by atoms with Crippen LogP contribution in [0.1, 0.15) is 11.1 Å². The molecule has 0 saturated carbocycles. The van der Waals surface area contributed by atoms with Crippen molar-refractivity contribution < 1.29 is 0 Å². The molecule has 0 saturated heterocycles. The van der Waals surface area contributed by atoms with Gasteiger partial charge in [0, 0.05) is 36.3 Å². The lowest BCUT2D eigenvalue weighted by Crippen LogP contribution is -2.06. The summed E-state index contributed by atoms with van der Waals surface area (Å²) >= 11 is 0. The van der Waals surface area contributed by atoms with Crippen molar-refractivity contribution in [1.82, 2.24) is 15.0 Å². The second-order valence-corrected chi connectivity index (χ2v) is 6.36. The van der Waals surface area contributed by atoms with Crippen LogP contribution in [0.15, 0.2) is 85.2 Å². The van der Waals surface area contributed by atoms with Gasteiger partial charge in [-0.1, -0.05) is 36.4 Å². The van der Waals surface area contributed by atoms with Crippen LogP contribution in [0.5, 0.6) is 0 Å². The van der Waals surface area contributed by atoms with Gasteiger partial charge in [0.1, 0.15) is 5.82 Å².